The number of nitriles is 1. The minimum Gasteiger partial charge on any atom is -0.274 e. The highest BCUT2D eigenvalue weighted by molar-refractivity contribution is 7.89. The number of imide groups is 1. The number of carbonyl (C=O) groups is 2. The number of halogens is 1. The number of benzene rings is 3. The molecule has 34 heavy (non-hydrogen) atoms. The summed E-state index contributed by atoms with van der Waals surface area (Å²) in [6.45, 7) is 0.0138. The van der Waals surface area contributed by atoms with Crippen LogP contribution in [0.2, 0.25) is 5.02 Å². The van der Waals surface area contributed by atoms with Crippen LogP contribution in [-0.2, 0) is 26.0 Å². The van der Waals surface area contributed by atoms with Crippen molar-refractivity contribution in [1.29, 1.82) is 5.26 Å². The zero-order chi connectivity index (χ0) is 24.3. The molecule has 1 unspecified atom stereocenters. The van der Waals surface area contributed by atoms with Gasteiger partial charge in [-0.05, 0) is 60.5 Å². The van der Waals surface area contributed by atoms with Crippen LogP contribution in [0.3, 0.4) is 0 Å². The zero-order valence-corrected chi connectivity index (χ0v) is 19.5. The summed E-state index contributed by atoms with van der Waals surface area (Å²) in [6, 6.07) is 21.8. The molecule has 1 atom stereocenters. The molecule has 0 aromatic heterocycles. The number of amides is 2. The van der Waals surface area contributed by atoms with E-state index in [0.29, 0.717) is 22.7 Å². The normalized spacial score (nSPS) is 16.1. The minimum atomic E-state index is -4.11. The predicted molar refractivity (Wildman–Crippen MR) is 128 cm³/mol. The van der Waals surface area contributed by atoms with Crippen molar-refractivity contribution >= 4 is 39.1 Å². The lowest BCUT2D eigenvalue weighted by atomic mass is 10.1. The van der Waals surface area contributed by atoms with E-state index in [-0.39, 0.29) is 17.9 Å². The molecular formula is C25H20ClN3O4S. The number of carbonyl (C=O) groups excluding carboxylic acids is 2. The van der Waals surface area contributed by atoms with E-state index in [9.17, 15) is 18.0 Å². The van der Waals surface area contributed by atoms with Gasteiger partial charge in [0, 0.05) is 11.6 Å². The molecule has 1 aliphatic rings. The smallest absolute Gasteiger partial charge is 0.252 e. The standard InChI is InChI=1S/C25H20ClN3O4S/c26-20-8-12-22(13-9-20)34(32,33)28(15-14-18-4-2-1-3-5-18)23-16-24(30)29(25(23)31)21-10-6-19(17-27)7-11-21/h1-13,23H,14-16H2. The molecule has 172 valence electrons. The second-order valence-corrected chi connectivity index (χ2v) is 10.1. The van der Waals surface area contributed by atoms with Crippen LogP contribution in [0.15, 0.2) is 83.8 Å². The van der Waals surface area contributed by atoms with Crippen LogP contribution in [0.1, 0.15) is 17.5 Å². The maximum absolute atomic E-state index is 13.6. The Morgan fingerprint density at radius 2 is 1.62 bits per heavy atom. The molecule has 9 heteroatoms. The molecule has 1 saturated heterocycles. The first-order valence-corrected chi connectivity index (χ1v) is 12.3. The van der Waals surface area contributed by atoms with Crippen LogP contribution in [0.5, 0.6) is 0 Å². The second-order valence-electron chi connectivity index (χ2n) is 7.75. The highest BCUT2D eigenvalue weighted by Crippen LogP contribution is 2.30. The minimum absolute atomic E-state index is 0.0120. The lowest BCUT2D eigenvalue weighted by Gasteiger charge is -2.27. The van der Waals surface area contributed by atoms with Gasteiger partial charge in [0.15, 0.2) is 0 Å². The molecule has 0 N–H and O–H groups in total. The second kappa shape index (κ2) is 9.77. The van der Waals surface area contributed by atoms with Crippen molar-refractivity contribution in [3.63, 3.8) is 0 Å². The number of anilines is 1. The highest BCUT2D eigenvalue weighted by Gasteiger charge is 2.46. The number of sulfonamides is 1. The molecule has 0 saturated carbocycles. The van der Waals surface area contributed by atoms with Crippen molar-refractivity contribution in [2.75, 3.05) is 11.4 Å². The van der Waals surface area contributed by atoms with Crippen LogP contribution in [-0.4, -0.2) is 37.1 Å². The van der Waals surface area contributed by atoms with Crippen molar-refractivity contribution in [1.82, 2.24) is 4.31 Å². The molecular weight excluding hydrogens is 474 g/mol. The molecule has 1 heterocycles. The van der Waals surface area contributed by atoms with Crippen molar-refractivity contribution in [2.24, 2.45) is 0 Å². The Kier molecular flexibility index (Phi) is 6.80. The quantitative estimate of drug-likeness (QED) is 0.466. The molecule has 2 amide bonds. The molecule has 3 aromatic carbocycles. The third-order valence-corrected chi connectivity index (χ3v) is 7.78. The molecule has 1 aliphatic heterocycles. The van der Waals surface area contributed by atoms with E-state index in [1.807, 2.05) is 36.4 Å². The van der Waals surface area contributed by atoms with Crippen molar-refractivity contribution < 1.29 is 18.0 Å². The van der Waals surface area contributed by atoms with Gasteiger partial charge in [0.1, 0.15) is 6.04 Å². The molecule has 1 fully saturated rings. The first-order chi connectivity index (χ1) is 16.3. The van der Waals surface area contributed by atoms with Crippen LogP contribution < -0.4 is 4.90 Å². The van der Waals surface area contributed by atoms with Crippen LogP contribution in [0, 0.1) is 11.3 Å². The summed E-state index contributed by atoms with van der Waals surface area (Å²) < 4.78 is 28.3. The number of hydrogen-bond acceptors (Lipinski definition) is 5. The summed E-state index contributed by atoms with van der Waals surface area (Å²) in [4.78, 5) is 27.2. The Hall–Kier alpha value is -3.51. The Bertz CT molecular complexity index is 1350. The van der Waals surface area contributed by atoms with Crippen molar-refractivity contribution in [3.05, 3.63) is 95.0 Å². The van der Waals surface area contributed by atoms with Gasteiger partial charge in [-0.3, -0.25) is 9.59 Å². The maximum atomic E-state index is 13.6. The molecule has 0 spiro atoms. The molecule has 0 aliphatic carbocycles. The van der Waals surface area contributed by atoms with Crippen molar-refractivity contribution in [2.45, 2.75) is 23.8 Å². The van der Waals surface area contributed by atoms with E-state index in [2.05, 4.69) is 0 Å². The van der Waals surface area contributed by atoms with Gasteiger partial charge < -0.3 is 0 Å². The number of rotatable bonds is 7. The van der Waals surface area contributed by atoms with Gasteiger partial charge in [0.2, 0.25) is 15.9 Å². The number of nitrogens with zero attached hydrogens (tertiary/aromatic N) is 3. The monoisotopic (exact) mass is 493 g/mol. The van der Waals surface area contributed by atoms with Crippen LogP contribution in [0.4, 0.5) is 5.69 Å². The fraction of sp³-hybridized carbons (Fsp3) is 0.160. The van der Waals surface area contributed by atoms with E-state index < -0.39 is 27.9 Å². The molecule has 0 bridgehead atoms. The largest absolute Gasteiger partial charge is 0.274 e. The Labute approximate surface area is 202 Å². The summed E-state index contributed by atoms with van der Waals surface area (Å²) in [6.07, 6.45) is 0.0863. The first-order valence-electron chi connectivity index (χ1n) is 10.5. The van der Waals surface area contributed by atoms with Crippen LogP contribution >= 0.6 is 11.6 Å². The summed E-state index contributed by atoms with van der Waals surface area (Å²) in [5.41, 5.74) is 1.58. The van der Waals surface area contributed by atoms with Crippen LogP contribution in [0.25, 0.3) is 0 Å². The third kappa shape index (κ3) is 4.73. The molecule has 4 rings (SSSR count). The summed E-state index contributed by atoms with van der Waals surface area (Å²) >= 11 is 5.93. The lowest BCUT2D eigenvalue weighted by Crippen LogP contribution is -2.46. The topological polar surface area (TPSA) is 98.5 Å². The third-order valence-electron chi connectivity index (χ3n) is 5.61. The van der Waals surface area contributed by atoms with E-state index in [1.165, 1.54) is 48.5 Å². The Morgan fingerprint density at radius 3 is 2.24 bits per heavy atom. The molecule has 0 radical (unpaired) electrons. The average molecular weight is 494 g/mol. The van der Waals surface area contributed by atoms with Gasteiger partial charge in [-0.2, -0.15) is 9.57 Å². The molecule has 7 nitrogen and oxygen atoms in total. The maximum Gasteiger partial charge on any atom is 0.252 e. The Balaban J connectivity index is 1.69. The van der Waals surface area contributed by atoms with E-state index >= 15 is 0 Å². The van der Waals surface area contributed by atoms with E-state index in [4.69, 9.17) is 16.9 Å². The first kappa shape index (κ1) is 23.6. The summed E-state index contributed by atoms with van der Waals surface area (Å²) in [5, 5.41) is 9.38. The predicted octanol–water partition coefficient (Wildman–Crippen LogP) is 3.78. The fourth-order valence-corrected chi connectivity index (χ4v) is 5.57. The number of hydrogen-bond donors (Lipinski definition) is 0. The van der Waals surface area contributed by atoms with E-state index in [0.717, 1.165) is 14.8 Å². The van der Waals surface area contributed by atoms with Gasteiger partial charge in [-0.1, -0.05) is 41.9 Å². The Morgan fingerprint density at radius 1 is 0.971 bits per heavy atom. The SMILES string of the molecule is N#Cc1ccc(N2C(=O)CC(N(CCc3ccccc3)S(=O)(=O)c3ccc(Cl)cc3)C2=O)cc1. The lowest BCUT2D eigenvalue weighted by molar-refractivity contribution is -0.122. The van der Waals surface area contributed by atoms with Gasteiger partial charge in [0.25, 0.3) is 5.91 Å². The van der Waals surface area contributed by atoms with Gasteiger partial charge in [-0.25, -0.2) is 13.3 Å². The van der Waals surface area contributed by atoms with Gasteiger partial charge in [-0.15, -0.1) is 0 Å². The average Bonchev–Trinajstić information content (AvgIpc) is 3.13. The molecule has 3 aromatic rings. The highest BCUT2D eigenvalue weighted by atomic mass is 35.5. The zero-order valence-electron chi connectivity index (χ0n) is 18.0. The summed E-state index contributed by atoms with van der Waals surface area (Å²) in [5.74, 6) is -1.13. The fourth-order valence-electron chi connectivity index (χ4n) is 3.87. The van der Waals surface area contributed by atoms with Gasteiger partial charge in [0.05, 0.1) is 28.6 Å². The van der Waals surface area contributed by atoms with Gasteiger partial charge >= 0.3 is 0 Å². The van der Waals surface area contributed by atoms with Crippen molar-refractivity contribution in [3.8, 4) is 6.07 Å². The summed E-state index contributed by atoms with van der Waals surface area (Å²) in [7, 11) is -4.11. The van der Waals surface area contributed by atoms with E-state index in [1.54, 1.807) is 0 Å².